The molecule has 4 N–H and O–H groups in total. The minimum absolute atomic E-state index is 0.714. The average Bonchev–Trinajstić information content (AvgIpc) is 1.84. The summed E-state index contributed by atoms with van der Waals surface area (Å²) >= 11 is 2.39. The number of nitrogen functional groups attached to an aromatic ring is 2. The molecule has 64 valence electrons. The van der Waals surface area contributed by atoms with Crippen molar-refractivity contribution in [2.75, 3.05) is 11.5 Å². The van der Waals surface area contributed by atoms with E-state index in [-0.39, 0.29) is 0 Å². The predicted octanol–water partition coefficient (Wildman–Crippen LogP) is 0.837. The Morgan fingerprint density at radius 1 is 1.25 bits per heavy atom. The van der Waals surface area contributed by atoms with Gasteiger partial charge in [0.1, 0.15) is 0 Å². The fraction of sp³-hybridized carbons (Fsp3) is 0.111. The SMILES string of the molecule is C=CC.Nc1cc(N)cc([As])c1. The number of allylic oxidation sites excluding steroid dienone is 1. The third-order valence-electron chi connectivity index (χ3n) is 0.962. The van der Waals surface area contributed by atoms with E-state index in [1.165, 1.54) is 0 Å². The number of benzene rings is 1. The van der Waals surface area contributed by atoms with Gasteiger partial charge in [-0.2, -0.15) is 0 Å². The van der Waals surface area contributed by atoms with Gasteiger partial charge in [0.15, 0.2) is 0 Å². The Kier molecular flexibility index (Phi) is 5.31. The van der Waals surface area contributed by atoms with E-state index in [9.17, 15) is 0 Å². The van der Waals surface area contributed by atoms with Crippen LogP contribution in [0.25, 0.3) is 0 Å². The van der Waals surface area contributed by atoms with Crippen LogP contribution < -0.4 is 15.8 Å². The maximum absolute atomic E-state index is 5.47. The Hall–Kier alpha value is -0.882. The topological polar surface area (TPSA) is 52.0 Å². The number of nitrogens with two attached hydrogens (primary N) is 2. The molecule has 0 bridgehead atoms. The Labute approximate surface area is 82.1 Å². The van der Waals surface area contributed by atoms with Crippen molar-refractivity contribution in [3.63, 3.8) is 0 Å². The molecular weight excluding hydrogens is 211 g/mol. The van der Waals surface area contributed by atoms with Crippen molar-refractivity contribution in [3.05, 3.63) is 30.9 Å². The van der Waals surface area contributed by atoms with Crippen LogP contribution in [0, 0.1) is 0 Å². The van der Waals surface area contributed by atoms with E-state index in [2.05, 4.69) is 23.4 Å². The van der Waals surface area contributed by atoms with Crippen LogP contribution in [0.2, 0.25) is 0 Å². The number of hydrogen-bond donors (Lipinski definition) is 2. The van der Waals surface area contributed by atoms with Gasteiger partial charge in [0.2, 0.25) is 0 Å². The quantitative estimate of drug-likeness (QED) is 0.389. The zero-order valence-electron chi connectivity index (χ0n) is 7.12. The van der Waals surface area contributed by atoms with Crippen LogP contribution in [0.4, 0.5) is 11.4 Å². The summed E-state index contributed by atoms with van der Waals surface area (Å²) in [7, 11) is 0. The Morgan fingerprint density at radius 3 is 1.83 bits per heavy atom. The Balaban J connectivity index is 0.000000354. The van der Waals surface area contributed by atoms with Crippen molar-refractivity contribution in [1.29, 1.82) is 0 Å². The summed E-state index contributed by atoms with van der Waals surface area (Å²) < 4.78 is 1.04. The fourth-order valence-corrected chi connectivity index (χ4v) is 1.28. The van der Waals surface area contributed by atoms with Gasteiger partial charge in [-0.05, 0) is 6.92 Å². The molecule has 1 aromatic carbocycles. The summed E-state index contributed by atoms with van der Waals surface area (Å²) in [6.45, 7) is 5.25. The second kappa shape index (κ2) is 5.73. The molecule has 0 heterocycles. The van der Waals surface area contributed by atoms with Crippen LogP contribution in [0.1, 0.15) is 6.92 Å². The third-order valence-corrected chi connectivity index (χ3v) is 1.50. The van der Waals surface area contributed by atoms with Crippen molar-refractivity contribution >= 4 is 32.6 Å². The molecule has 12 heavy (non-hydrogen) atoms. The minimum atomic E-state index is 0.714. The number of hydrogen-bond acceptors (Lipinski definition) is 2. The van der Waals surface area contributed by atoms with Crippen molar-refractivity contribution in [2.24, 2.45) is 0 Å². The summed E-state index contributed by atoms with van der Waals surface area (Å²) in [4.78, 5) is 0. The standard InChI is InChI=1S/C6H7AsN2.C3H6/c7-4-1-5(8)3-6(9)2-4;1-3-2/h1-3H,8-9H2;3H,1H2,2H3. The molecule has 0 aliphatic heterocycles. The van der Waals surface area contributed by atoms with E-state index in [0.717, 1.165) is 4.35 Å². The predicted molar refractivity (Wildman–Crippen MR) is 56.5 cm³/mol. The van der Waals surface area contributed by atoms with Crippen LogP contribution in [0.5, 0.6) is 0 Å². The third kappa shape index (κ3) is 4.86. The van der Waals surface area contributed by atoms with Gasteiger partial charge in [0.05, 0.1) is 0 Å². The molecule has 0 saturated carbocycles. The van der Waals surface area contributed by atoms with Crippen molar-refractivity contribution in [2.45, 2.75) is 6.92 Å². The molecule has 1 aromatic rings. The van der Waals surface area contributed by atoms with Gasteiger partial charge < -0.3 is 0 Å². The van der Waals surface area contributed by atoms with E-state index in [1.54, 1.807) is 12.1 Å². The van der Waals surface area contributed by atoms with Gasteiger partial charge in [-0.3, -0.25) is 0 Å². The maximum atomic E-state index is 5.47. The molecule has 3 heteroatoms. The fourth-order valence-electron chi connectivity index (χ4n) is 0.659. The molecule has 0 aromatic heterocycles. The van der Waals surface area contributed by atoms with E-state index in [0.29, 0.717) is 11.4 Å². The van der Waals surface area contributed by atoms with Crippen molar-refractivity contribution in [1.82, 2.24) is 0 Å². The molecule has 0 saturated heterocycles. The zero-order valence-corrected chi connectivity index (χ0v) is 8.99. The molecule has 2 radical (unpaired) electrons. The summed E-state index contributed by atoms with van der Waals surface area (Å²) in [5.74, 6) is 0. The molecule has 0 atom stereocenters. The second-order valence-corrected chi connectivity index (χ2v) is 3.35. The zero-order chi connectivity index (χ0) is 9.56. The van der Waals surface area contributed by atoms with Gasteiger partial charge in [-0.1, -0.05) is 6.08 Å². The van der Waals surface area contributed by atoms with Gasteiger partial charge in [0.25, 0.3) is 0 Å². The molecule has 0 spiro atoms. The first-order valence-corrected chi connectivity index (χ1v) is 4.46. The molecule has 0 amide bonds. The van der Waals surface area contributed by atoms with Crippen molar-refractivity contribution in [3.8, 4) is 0 Å². The summed E-state index contributed by atoms with van der Waals surface area (Å²) in [5, 5.41) is 0. The summed E-state index contributed by atoms with van der Waals surface area (Å²) in [6.07, 6.45) is 1.75. The van der Waals surface area contributed by atoms with E-state index in [1.807, 2.05) is 19.1 Å². The van der Waals surface area contributed by atoms with Gasteiger partial charge in [-0.15, -0.1) is 6.58 Å². The first-order valence-electron chi connectivity index (χ1n) is 3.52. The van der Waals surface area contributed by atoms with Crippen LogP contribution in [0.15, 0.2) is 30.9 Å². The second-order valence-electron chi connectivity index (χ2n) is 2.27. The number of rotatable bonds is 0. The van der Waals surface area contributed by atoms with E-state index >= 15 is 0 Å². The molecular formula is C9H13AsN2. The molecule has 0 unspecified atom stereocenters. The van der Waals surface area contributed by atoms with E-state index in [4.69, 9.17) is 11.5 Å². The average molecular weight is 224 g/mol. The molecule has 2 nitrogen and oxygen atoms in total. The van der Waals surface area contributed by atoms with Crippen LogP contribution in [-0.2, 0) is 0 Å². The van der Waals surface area contributed by atoms with Crippen LogP contribution in [0.3, 0.4) is 0 Å². The van der Waals surface area contributed by atoms with Gasteiger partial charge >= 0.3 is 62.2 Å². The van der Waals surface area contributed by atoms with Gasteiger partial charge in [0, 0.05) is 0 Å². The monoisotopic (exact) mass is 224 g/mol. The molecule has 0 aliphatic rings. The van der Waals surface area contributed by atoms with Crippen LogP contribution in [-0.4, -0.2) is 16.9 Å². The molecule has 0 fully saturated rings. The Morgan fingerprint density at radius 2 is 1.58 bits per heavy atom. The van der Waals surface area contributed by atoms with Gasteiger partial charge in [-0.25, -0.2) is 0 Å². The normalized spacial score (nSPS) is 8.17. The van der Waals surface area contributed by atoms with E-state index < -0.39 is 0 Å². The molecule has 1 rings (SSSR count). The van der Waals surface area contributed by atoms with Crippen LogP contribution >= 0.6 is 0 Å². The first kappa shape index (κ1) is 11.1. The first-order chi connectivity index (χ1) is 5.60. The van der Waals surface area contributed by atoms with Crippen molar-refractivity contribution < 1.29 is 0 Å². The number of anilines is 2. The molecule has 0 aliphatic carbocycles. The Bertz CT molecular complexity index is 208. The summed E-state index contributed by atoms with van der Waals surface area (Å²) in [6, 6.07) is 5.45. The summed E-state index contributed by atoms with van der Waals surface area (Å²) in [5.41, 5.74) is 12.4.